The molecule has 0 saturated heterocycles. The molecule has 1 aromatic carbocycles. The predicted octanol–water partition coefficient (Wildman–Crippen LogP) is 1.80. The summed E-state index contributed by atoms with van der Waals surface area (Å²) in [6.45, 7) is 0. The van der Waals surface area contributed by atoms with Crippen LogP contribution in [0.3, 0.4) is 0 Å². The molecular formula is C9H8N3O. The first kappa shape index (κ1) is 7.67. The first-order valence-electron chi connectivity index (χ1n) is 3.84. The van der Waals surface area contributed by atoms with E-state index < -0.39 is 0 Å². The van der Waals surface area contributed by atoms with Gasteiger partial charge in [0, 0.05) is 11.9 Å². The number of hydrogen-bond donors (Lipinski definition) is 2. The summed E-state index contributed by atoms with van der Waals surface area (Å²) in [5, 5.41) is 17.9. The Bertz CT molecular complexity index is 409. The van der Waals surface area contributed by atoms with Crippen LogP contribution in [0.15, 0.2) is 30.5 Å². The van der Waals surface area contributed by atoms with Crippen LogP contribution in [-0.2, 0) is 5.11 Å². The summed E-state index contributed by atoms with van der Waals surface area (Å²) in [5.41, 5.74) is 7.28. The Balaban J connectivity index is 2.57. The maximum Gasteiger partial charge on any atom is 0.188 e. The van der Waals surface area contributed by atoms with Crippen LogP contribution in [0, 0.1) is 0 Å². The zero-order valence-electron chi connectivity index (χ0n) is 6.82. The molecule has 1 aromatic heterocycles. The molecule has 0 aliphatic carbocycles. The second kappa shape index (κ2) is 2.82. The predicted molar refractivity (Wildman–Crippen MR) is 48.6 cm³/mol. The SMILES string of the molecule is Nc1ccc([O])c(-c2cc[nH]n2)c1. The topological polar surface area (TPSA) is 74.6 Å². The lowest BCUT2D eigenvalue weighted by Crippen LogP contribution is -1.85. The average molecular weight is 174 g/mol. The number of H-pyrrole nitrogens is 1. The van der Waals surface area contributed by atoms with E-state index in [0.717, 1.165) is 0 Å². The minimum Gasteiger partial charge on any atom is -0.399 e. The molecule has 1 heterocycles. The largest absolute Gasteiger partial charge is 0.399 e. The van der Waals surface area contributed by atoms with Gasteiger partial charge in [-0.05, 0) is 24.3 Å². The fraction of sp³-hybridized carbons (Fsp3) is 0. The lowest BCUT2D eigenvalue weighted by molar-refractivity contribution is 0.356. The summed E-state index contributed by atoms with van der Waals surface area (Å²) >= 11 is 0. The van der Waals surface area contributed by atoms with Crippen molar-refractivity contribution in [3.63, 3.8) is 0 Å². The quantitative estimate of drug-likeness (QED) is 0.647. The number of aromatic nitrogens is 2. The third-order valence-corrected chi connectivity index (χ3v) is 1.78. The highest BCUT2D eigenvalue weighted by Gasteiger charge is 2.07. The van der Waals surface area contributed by atoms with E-state index in [0.29, 0.717) is 16.9 Å². The summed E-state index contributed by atoms with van der Waals surface area (Å²) in [5.74, 6) is -0.0682. The zero-order chi connectivity index (χ0) is 9.26. The summed E-state index contributed by atoms with van der Waals surface area (Å²) < 4.78 is 0. The highest BCUT2D eigenvalue weighted by molar-refractivity contribution is 5.70. The van der Waals surface area contributed by atoms with Crippen molar-refractivity contribution in [3.8, 4) is 17.0 Å². The maximum absolute atomic E-state index is 11.4. The van der Waals surface area contributed by atoms with Crippen LogP contribution >= 0.6 is 0 Å². The molecule has 4 nitrogen and oxygen atoms in total. The number of rotatable bonds is 1. The smallest absolute Gasteiger partial charge is 0.188 e. The molecule has 0 atom stereocenters. The highest BCUT2D eigenvalue weighted by atomic mass is 16.3. The number of aromatic amines is 1. The Hall–Kier alpha value is -1.97. The molecule has 2 rings (SSSR count). The van der Waals surface area contributed by atoms with E-state index >= 15 is 0 Å². The maximum atomic E-state index is 11.4. The Morgan fingerprint density at radius 2 is 2.15 bits per heavy atom. The third kappa shape index (κ3) is 1.33. The van der Waals surface area contributed by atoms with Crippen molar-refractivity contribution in [1.82, 2.24) is 10.2 Å². The lowest BCUT2D eigenvalue weighted by Gasteiger charge is -1.99. The minimum atomic E-state index is -0.0682. The summed E-state index contributed by atoms with van der Waals surface area (Å²) in [6.07, 6.45) is 1.66. The van der Waals surface area contributed by atoms with Gasteiger partial charge in [0.15, 0.2) is 5.75 Å². The molecule has 0 aliphatic rings. The van der Waals surface area contributed by atoms with Gasteiger partial charge in [0.25, 0.3) is 0 Å². The van der Waals surface area contributed by atoms with Gasteiger partial charge in [-0.2, -0.15) is 5.10 Å². The van der Waals surface area contributed by atoms with Gasteiger partial charge < -0.3 is 5.73 Å². The number of nitrogens with two attached hydrogens (primary N) is 1. The van der Waals surface area contributed by atoms with Gasteiger partial charge in [-0.1, -0.05) is 0 Å². The first-order chi connectivity index (χ1) is 6.27. The van der Waals surface area contributed by atoms with Crippen molar-refractivity contribution >= 4 is 5.69 Å². The molecular weight excluding hydrogens is 166 g/mol. The molecule has 3 N–H and O–H groups in total. The van der Waals surface area contributed by atoms with Crippen molar-refractivity contribution in [2.75, 3.05) is 5.73 Å². The molecule has 4 heteroatoms. The van der Waals surface area contributed by atoms with E-state index in [1.807, 2.05) is 0 Å². The standard InChI is InChI=1S/C9H8N3O/c10-6-1-2-9(13)7(5-6)8-3-4-11-12-8/h1-5H,10H2,(H,11,12). The Morgan fingerprint density at radius 3 is 2.85 bits per heavy atom. The number of nitrogen functional groups attached to an aromatic ring is 1. The second-order valence-corrected chi connectivity index (χ2v) is 2.72. The van der Waals surface area contributed by atoms with Crippen molar-refractivity contribution in [1.29, 1.82) is 0 Å². The van der Waals surface area contributed by atoms with E-state index in [-0.39, 0.29) is 5.75 Å². The summed E-state index contributed by atoms with van der Waals surface area (Å²) in [4.78, 5) is 0. The molecule has 0 aliphatic heterocycles. The van der Waals surface area contributed by atoms with Crippen LogP contribution in [0.2, 0.25) is 0 Å². The molecule has 65 valence electrons. The van der Waals surface area contributed by atoms with Gasteiger partial charge in [0.2, 0.25) is 0 Å². The monoisotopic (exact) mass is 174 g/mol. The number of hydrogen-bond acceptors (Lipinski definition) is 2. The van der Waals surface area contributed by atoms with Crippen LogP contribution in [-0.4, -0.2) is 10.2 Å². The van der Waals surface area contributed by atoms with Gasteiger partial charge >= 0.3 is 0 Å². The molecule has 0 saturated carbocycles. The molecule has 0 bridgehead atoms. The third-order valence-electron chi connectivity index (χ3n) is 1.78. The van der Waals surface area contributed by atoms with E-state index in [1.54, 1.807) is 24.4 Å². The van der Waals surface area contributed by atoms with Crippen molar-refractivity contribution in [2.45, 2.75) is 0 Å². The van der Waals surface area contributed by atoms with Gasteiger partial charge in [0.1, 0.15) is 0 Å². The normalized spacial score (nSPS) is 10.2. The van der Waals surface area contributed by atoms with E-state index in [2.05, 4.69) is 10.2 Å². The Kier molecular flexibility index (Phi) is 1.66. The average Bonchev–Trinajstić information content (AvgIpc) is 2.61. The van der Waals surface area contributed by atoms with E-state index in [9.17, 15) is 5.11 Å². The highest BCUT2D eigenvalue weighted by Crippen LogP contribution is 2.29. The Morgan fingerprint density at radius 1 is 1.31 bits per heavy atom. The van der Waals surface area contributed by atoms with Gasteiger partial charge in [-0.3, -0.25) is 10.2 Å². The van der Waals surface area contributed by atoms with Crippen molar-refractivity contribution < 1.29 is 5.11 Å². The van der Waals surface area contributed by atoms with Crippen LogP contribution in [0.5, 0.6) is 5.75 Å². The van der Waals surface area contributed by atoms with Crippen molar-refractivity contribution in [3.05, 3.63) is 30.5 Å². The molecule has 0 spiro atoms. The minimum absolute atomic E-state index is 0.0682. The fourth-order valence-electron chi connectivity index (χ4n) is 1.16. The van der Waals surface area contributed by atoms with Gasteiger partial charge in [-0.15, -0.1) is 0 Å². The molecule has 0 amide bonds. The second-order valence-electron chi connectivity index (χ2n) is 2.72. The molecule has 0 fully saturated rings. The van der Waals surface area contributed by atoms with E-state index in [1.165, 1.54) is 6.07 Å². The van der Waals surface area contributed by atoms with Gasteiger partial charge in [0.05, 0.1) is 11.3 Å². The zero-order valence-corrected chi connectivity index (χ0v) is 6.82. The number of nitrogens with one attached hydrogen (secondary N) is 1. The summed E-state index contributed by atoms with van der Waals surface area (Å²) in [7, 11) is 0. The molecule has 0 unspecified atom stereocenters. The van der Waals surface area contributed by atoms with Crippen molar-refractivity contribution in [2.24, 2.45) is 0 Å². The van der Waals surface area contributed by atoms with Gasteiger partial charge in [-0.25, -0.2) is 0 Å². The van der Waals surface area contributed by atoms with Crippen LogP contribution in [0.4, 0.5) is 5.69 Å². The molecule has 2 aromatic rings. The van der Waals surface area contributed by atoms with E-state index in [4.69, 9.17) is 5.73 Å². The van der Waals surface area contributed by atoms with Crippen LogP contribution in [0.25, 0.3) is 11.3 Å². The number of nitrogens with zero attached hydrogens (tertiary/aromatic N) is 1. The summed E-state index contributed by atoms with van der Waals surface area (Å²) in [6, 6.07) is 6.38. The number of benzene rings is 1. The number of anilines is 1. The fourth-order valence-corrected chi connectivity index (χ4v) is 1.16. The van der Waals surface area contributed by atoms with Crippen LogP contribution in [0.1, 0.15) is 0 Å². The first-order valence-corrected chi connectivity index (χ1v) is 3.84. The lowest BCUT2D eigenvalue weighted by atomic mass is 10.1. The molecule has 13 heavy (non-hydrogen) atoms. The Labute approximate surface area is 75.0 Å². The van der Waals surface area contributed by atoms with Crippen LogP contribution < -0.4 is 5.73 Å². The molecule has 1 radical (unpaired) electrons.